The first-order valence-electron chi connectivity index (χ1n) is 5.17. The van der Waals surface area contributed by atoms with E-state index in [1.165, 1.54) is 0 Å². The number of imidazole rings is 1. The number of rotatable bonds is 3. The van der Waals surface area contributed by atoms with Gasteiger partial charge in [0.1, 0.15) is 0 Å². The van der Waals surface area contributed by atoms with Crippen LogP contribution < -0.4 is 0 Å². The number of aryl methyl sites for hydroxylation is 1. The van der Waals surface area contributed by atoms with E-state index in [1.807, 2.05) is 30.6 Å². The van der Waals surface area contributed by atoms with Crippen molar-refractivity contribution in [3.05, 3.63) is 22.5 Å². The van der Waals surface area contributed by atoms with Crippen LogP contribution in [0.1, 0.15) is 36.8 Å². The summed E-state index contributed by atoms with van der Waals surface area (Å²) < 4.78 is 1.95. The molecular formula is C11H14N2O2S. The van der Waals surface area contributed by atoms with Crippen molar-refractivity contribution < 1.29 is 9.90 Å². The van der Waals surface area contributed by atoms with Gasteiger partial charge < -0.3 is 5.11 Å². The number of hydrogen-bond acceptors (Lipinski definition) is 3. The molecule has 0 aliphatic rings. The van der Waals surface area contributed by atoms with Gasteiger partial charge in [-0.2, -0.15) is 0 Å². The van der Waals surface area contributed by atoms with Gasteiger partial charge in [-0.05, 0) is 12.8 Å². The smallest absolute Gasteiger partial charge is 0.309 e. The van der Waals surface area contributed by atoms with E-state index < -0.39 is 5.97 Å². The van der Waals surface area contributed by atoms with Crippen LogP contribution in [0.3, 0.4) is 0 Å². The Bertz CT molecular complexity index is 539. The second-order valence-electron chi connectivity index (χ2n) is 4.16. The highest BCUT2D eigenvalue weighted by Crippen LogP contribution is 2.25. The molecule has 2 aromatic heterocycles. The third-order valence-electron chi connectivity index (χ3n) is 2.53. The Kier molecular flexibility index (Phi) is 2.71. The lowest BCUT2D eigenvalue weighted by atomic mass is 10.1. The van der Waals surface area contributed by atoms with E-state index in [4.69, 9.17) is 5.11 Å². The van der Waals surface area contributed by atoms with Crippen LogP contribution in [-0.2, 0) is 11.2 Å². The lowest BCUT2D eigenvalue weighted by Crippen LogP contribution is -2.07. The maximum Gasteiger partial charge on any atom is 0.309 e. The van der Waals surface area contributed by atoms with Crippen LogP contribution in [-0.4, -0.2) is 20.5 Å². The summed E-state index contributed by atoms with van der Waals surface area (Å²) in [6.07, 6.45) is 0.0340. The Morgan fingerprint density at radius 1 is 1.62 bits per heavy atom. The molecule has 0 saturated carbocycles. The first kappa shape index (κ1) is 11.1. The molecule has 2 heterocycles. The highest BCUT2D eigenvalue weighted by Gasteiger charge is 2.19. The molecule has 0 aromatic carbocycles. The molecule has 0 saturated heterocycles. The minimum Gasteiger partial charge on any atom is -0.481 e. The van der Waals surface area contributed by atoms with Gasteiger partial charge in [-0.15, -0.1) is 11.3 Å². The minimum atomic E-state index is -0.811. The Morgan fingerprint density at radius 2 is 2.31 bits per heavy atom. The fraction of sp³-hybridized carbons (Fsp3) is 0.455. The zero-order chi connectivity index (χ0) is 11.9. The van der Waals surface area contributed by atoms with E-state index in [2.05, 4.69) is 4.98 Å². The molecular weight excluding hydrogens is 224 g/mol. The van der Waals surface area contributed by atoms with Crippen molar-refractivity contribution in [1.82, 2.24) is 9.38 Å². The number of carbonyl (C=O) groups is 1. The number of hydrogen-bond donors (Lipinski definition) is 1. The molecule has 0 aliphatic heterocycles. The summed E-state index contributed by atoms with van der Waals surface area (Å²) in [5, 5.41) is 10.9. The van der Waals surface area contributed by atoms with Crippen molar-refractivity contribution in [3.8, 4) is 0 Å². The van der Waals surface area contributed by atoms with Gasteiger partial charge in [-0.3, -0.25) is 9.20 Å². The van der Waals surface area contributed by atoms with E-state index in [0.29, 0.717) is 0 Å². The van der Waals surface area contributed by atoms with E-state index in [0.717, 1.165) is 22.0 Å². The van der Waals surface area contributed by atoms with Gasteiger partial charge in [-0.1, -0.05) is 13.8 Å². The summed E-state index contributed by atoms with van der Waals surface area (Å²) in [7, 11) is 0. The standard InChI is InChI=1S/C11H14N2O2S/c1-6(2)10-8(4-9(14)15)13-7(3)5-16-11(13)12-10/h5-6H,4H2,1-3H3,(H,14,15). The Labute approximate surface area is 97.6 Å². The summed E-state index contributed by atoms with van der Waals surface area (Å²) in [5.41, 5.74) is 2.77. The zero-order valence-corrected chi connectivity index (χ0v) is 10.3. The minimum absolute atomic E-state index is 0.0340. The number of aromatic nitrogens is 2. The Balaban J connectivity index is 2.66. The van der Waals surface area contributed by atoms with Crippen LogP contribution in [0.25, 0.3) is 4.96 Å². The van der Waals surface area contributed by atoms with Crippen molar-refractivity contribution in [2.75, 3.05) is 0 Å². The first-order valence-corrected chi connectivity index (χ1v) is 6.05. The summed E-state index contributed by atoms with van der Waals surface area (Å²) in [4.78, 5) is 16.3. The molecule has 0 atom stereocenters. The van der Waals surface area contributed by atoms with Gasteiger partial charge in [0.15, 0.2) is 4.96 Å². The summed E-state index contributed by atoms with van der Waals surface area (Å²) in [6.45, 7) is 6.04. The van der Waals surface area contributed by atoms with Gasteiger partial charge in [0, 0.05) is 11.1 Å². The SMILES string of the molecule is Cc1csc2nc(C(C)C)c(CC(=O)O)n12. The molecule has 0 fully saturated rings. The largest absolute Gasteiger partial charge is 0.481 e. The summed E-state index contributed by atoms with van der Waals surface area (Å²) in [6, 6.07) is 0. The first-order chi connectivity index (χ1) is 7.50. The molecule has 2 aromatic rings. The van der Waals surface area contributed by atoms with Gasteiger partial charge >= 0.3 is 5.97 Å². The second-order valence-corrected chi connectivity index (χ2v) is 5.00. The van der Waals surface area contributed by atoms with E-state index in [1.54, 1.807) is 11.3 Å². The van der Waals surface area contributed by atoms with Crippen molar-refractivity contribution in [2.24, 2.45) is 0 Å². The molecule has 0 aliphatic carbocycles. The quantitative estimate of drug-likeness (QED) is 0.893. The molecule has 2 rings (SSSR count). The predicted molar refractivity (Wildman–Crippen MR) is 63.2 cm³/mol. The number of fused-ring (bicyclic) bond motifs is 1. The fourth-order valence-corrected chi connectivity index (χ4v) is 2.75. The lowest BCUT2D eigenvalue weighted by molar-refractivity contribution is -0.136. The molecule has 0 unspecified atom stereocenters. The number of carboxylic acids is 1. The molecule has 5 heteroatoms. The fourth-order valence-electron chi connectivity index (χ4n) is 1.86. The van der Waals surface area contributed by atoms with Crippen LogP contribution in [0.15, 0.2) is 5.38 Å². The maximum atomic E-state index is 10.9. The molecule has 0 spiro atoms. The molecule has 0 radical (unpaired) electrons. The van der Waals surface area contributed by atoms with Gasteiger partial charge in [0.25, 0.3) is 0 Å². The van der Waals surface area contributed by atoms with Crippen LogP contribution in [0.2, 0.25) is 0 Å². The average Bonchev–Trinajstić information content (AvgIpc) is 2.68. The van der Waals surface area contributed by atoms with Crippen molar-refractivity contribution in [1.29, 1.82) is 0 Å². The predicted octanol–water partition coefficient (Wildman–Crippen LogP) is 2.45. The number of thiazole rings is 1. The monoisotopic (exact) mass is 238 g/mol. The summed E-state index contributed by atoms with van der Waals surface area (Å²) >= 11 is 1.55. The highest BCUT2D eigenvalue weighted by atomic mass is 32.1. The molecule has 1 N–H and O–H groups in total. The normalized spacial score (nSPS) is 11.5. The molecule has 0 bridgehead atoms. The zero-order valence-electron chi connectivity index (χ0n) is 9.52. The Hall–Kier alpha value is -1.36. The maximum absolute atomic E-state index is 10.9. The van der Waals surface area contributed by atoms with E-state index >= 15 is 0 Å². The van der Waals surface area contributed by atoms with Crippen LogP contribution in [0, 0.1) is 6.92 Å². The molecule has 4 nitrogen and oxygen atoms in total. The van der Waals surface area contributed by atoms with Crippen molar-refractivity contribution >= 4 is 22.3 Å². The number of nitrogens with zero attached hydrogens (tertiary/aromatic N) is 2. The van der Waals surface area contributed by atoms with E-state index in [9.17, 15) is 4.79 Å². The molecule has 16 heavy (non-hydrogen) atoms. The Morgan fingerprint density at radius 3 is 2.88 bits per heavy atom. The molecule has 86 valence electrons. The lowest BCUT2D eigenvalue weighted by Gasteiger charge is -2.05. The van der Waals surface area contributed by atoms with Gasteiger partial charge in [-0.25, -0.2) is 4.98 Å². The number of aliphatic carboxylic acids is 1. The average molecular weight is 238 g/mol. The van der Waals surface area contributed by atoms with Crippen LogP contribution in [0.4, 0.5) is 0 Å². The third-order valence-corrected chi connectivity index (χ3v) is 3.47. The van der Waals surface area contributed by atoms with Crippen molar-refractivity contribution in [2.45, 2.75) is 33.1 Å². The van der Waals surface area contributed by atoms with E-state index in [-0.39, 0.29) is 12.3 Å². The van der Waals surface area contributed by atoms with Crippen LogP contribution in [0.5, 0.6) is 0 Å². The van der Waals surface area contributed by atoms with Gasteiger partial charge in [0.2, 0.25) is 0 Å². The van der Waals surface area contributed by atoms with Gasteiger partial charge in [0.05, 0.1) is 17.8 Å². The summed E-state index contributed by atoms with van der Waals surface area (Å²) in [5.74, 6) is -0.560. The topological polar surface area (TPSA) is 54.6 Å². The van der Waals surface area contributed by atoms with Crippen LogP contribution >= 0.6 is 11.3 Å². The molecule has 0 amide bonds. The van der Waals surface area contributed by atoms with Crippen molar-refractivity contribution in [3.63, 3.8) is 0 Å². The highest BCUT2D eigenvalue weighted by molar-refractivity contribution is 7.15. The third kappa shape index (κ3) is 1.71. The second kappa shape index (κ2) is 3.90. The number of carboxylic acid groups (broad SMARTS) is 1.